The molecule has 3 aromatic rings. The molecule has 0 spiro atoms. The van der Waals surface area contributed by atoms with Gasteiger partial charge in [-0.1, -0.05) is 35.0 Å². The van der Waals surface area contributed by atoms with Gasteiger partial charge in [0.1, 0.15) is 0 Å². The van der Waals surface area contributed by atoms with Crippen molar-refractivity contribution in [2.45, 2.75) is 12.1 Å². The number of pyridine rings is 1. The monoisotopic (exact) mass is 384 g/mol. The highest BCUT2D eigenvalue weighted by Gasteiger charge is 2.14. The maximum atomic E-state index is 12.0. The van der Waals surface area contributed by atoms with Crippen LogP contribution in [0.5, 0.6) is 0 Å². The van der Waals surface area contributed by atoms with Crippen LogP contribution in [0, 0.1) is 6.92 Å². The Morgan fingerprint density at radius 3 is 2.92 bits per heavy atom. The van der Waals surface area contributed by atoms with Crippen molar-refractivity contribution < 1.29 is 13.6 Å². The van der Waals surface area contributed by atoms with E-state index >= 15 is 0 Å². The predicted octanol–water partition coefficient (Wildman–Crippen LogP) is 4.07. The van der Waals surface area contributed by atoms with E-state index in [1.807, 2.05) is 0 Å². The Kier molecular flexibility index (Phi) is 5.08. The highest BCUT2D eigenvalue weighted by atomic mass is 35.5. The van der Waals surface area contributed by atoms with Crippen molar-refractivity contribution >= 4 is 46.7 Å². The van der Waals surface area contributed by atoms with Gasteiger partial charge in [-0.3, -0.25) is 4.79 Å². The number of aromatic nitrogens is 3. The van der Waals surface area contributed by atoms with Crippen molar-refractivity contribution in [2.75, 3.05) is 11.1 Å². The predicted molar refractivity (Wildman–Crippen MR) is 90.3 cm³/mol. The Morgan fingerprint density at radius 2 is 2.17 bits per heavy atom. The van der Waals surface area contributed by atoms with Crippen LogP contribution in [0.15, 0.2) is 38.5 Å². The molecule has 0 saturated carbocycles. The molecule has 24 heavy (non-hydrogen) atoms. The molecule has 0 aliphatic carbocycles. The van der Waals surface area contributed by atoms with Crippen molar-refractivity contribution in [2.24, 2.45) is 0 Å². The van der Waals surface area contributed by atoms with E-state index in [0.29, 0.717) is 16.5 Å². The van der Waals surface area contributed by atoms with Crippen molar-refractivity contribution in [1.29, 1.82) is 0 Å². The molecule has 3 rings (SSSR count). The lowest BCUT2D eigenvalue weighted by Crippen LogP contribution is -2.15. The minimum absolute atomic E-state index is 0.0550. The summed E-state index contributed by atoms with van der Waals surface area (Å²) >= 11 is 13.0. The van der Waals surface area contributed by atoms with Crippen LogP contribution in [0.25, 0.3) is 11.7 Å². The lowest BCUT2D eigenvalue weighted by molar-refractivity contribution is -0.113. The van der Waals surface area contributed by atoms with Crippen molar-refractivity contribution in [1.82, 2.24) is 15.2 Å². The van der Waals surface area contributed by atoms with E-state index in [2.05, 4.69) is 20.5 Å². The van der Waals surface area contributed by atoms with E-state index in [4.69, 9.17) is 32.0 Å². The zero-order chi connectivity index (χ0) is 17.1. The van der Waals surface area contributed by atoms with Crippen LogP contribution in [0.4, 0.5) is 5.82 Å². The van der Waals surface area contributed by atoms with Crippen LogP contribution in [0.1, 0.15) is 5.69 Å². The number of carbonyl (C=O) groups is 1. The lowest BCUT2D eigenvalue weighted by atomic mass is 10.3. The van der Waals surface area contributed by atoms with Gasteiger partial charge in [0.05, 0.1) is 27.8 Å². The van der Waals surface area contributed by atoms with Gasteiger partial charge in [-0.15, -0.1) is 10.2 Å². The van der Waals surface area contributed by atoms with Crippen LogP contribution in [0.3, 0.4) is 0 Å². The fourth-order valence-corrected chi connectivity index (χ4v) is 2.68. The Morgan fingerprint density at radius 1 is 1.33 bits per heavy atom. The molecule has 3 aromatic heterocycles. The second-order valence-electron chi connectivity index (χ2n) is 4.57. The minimum Gasteiger partial charge on any atom is -0.459 e. The second-order valence-corrected chi connectivity index (χ2v) is 6.31. The van der Waals surface area contributed by atoms with Crippen molar-refractivity contribution in [3.05, 3.63) is 40.2 Å². The van der Waals surface area contributed by atoms with Gasteiger partial charge < -0.3 is 14.2 Å². The molecule has 7 nitrogen and oxygen atoms in total. The van der Waals surface area contributed by atoms with Gasteiger partial charge in [-0.2, -0.15) is 0 Å². The van der Waals surface area contributed by atoms with Crippen LogP contribution < -0.4 is 5.32 Å². The molecule has 0 unspecified atom stereocenters. The highest BCUT2D eigenvalue weighted by Crippen LogP contribution is 2.26. The smallest absolute Gasteiger partial charge is 0.284 e. The fourth-order valence-electron chi connectivity index (χ4n) is 1.71. The van der Waals surface area contributed by atoms with Gasteiger partial charge in [-0.25, -0.2) is 4.98 Å². The third kappa shape index (κ3) is 3.89. The van der Waals surface area contributed by atoms with Crippen LogP contribution in [-0.4, -0.2) is 26.8 Å². The third-order valence-electron chi connectivity index (χ3n) is 2.83. The van der Waals surface area contributed by atoms with E-state index in [1.54, 1.807) is 19.1 Å². The summed E-state index contributed by atoms with van der Waals surface area (Å²) in [5, 5.41) is 11.3. The highest BCUT2D eigenvalue weighted by molar-refractivity contribution is 7.99. The van der Waals surface area contributed by atoms with Crippen LogP contribution in [-0.2, 0) is 4.79 Å². The van der Waals surface area contributed by atoms with E-state index in [9.17, 15) is 4.79 Å². The summed E-state index contributed by atoms with van der Waals surface area (Å²) in [6.07, 6.45) is 1.50. The molecule has 0 aromatic carbocycles. The molecule has 0 aliphatic heterocycles. The molecule has 0 aliphatic rings. The summed E-state index contributed by atoms with van der Waals surface area (Å²) in [6, 6.07) is 4.94. The number of rotatable bonds is 5. The average Bonchev–Trinajstić information content (AvgIpc) is 3.21. The molecule has 0 fully saturated rings. The maximum absolute atomic E-state index is 12.0. The zero-order valence-electron chi connectivity index (χ0n) is 12.2. The van der Waals surface area contributed by atoms with E-state index in [0.717, 1.165) is 11.8 Å². The molecule has 10 heteroatoms. The van der Waals surface area contributed by atoms with Gasteiger partial charge in [0, 0.05) is 0 Å². The zero-order valence-corrected chi connectivity index (χ0v) is 14.6. The lowest BCUT2D eigenvalue weighted by Gasteiger charge is -2.07. The van der Waals surface area contributed by atoms with Gasteiger partial charge in [0.25, 0.3) is 11.1 Å². The van der Waals surface area contributed by atoms with Gasteiger partial charge >= 0.3 is 0 Å². The van der Waals surface area contributed by atoms with Crippen molar-refractivity contribution in [3.8, 4) is 11.7 Å². The molecule has 124 valence electrons. The quantitative estimate of drug-likeness (QED) is 0.662. The molecular formula is C14H10Cl2N4O3S. The summed E-state index contributed by atoms with van der Waals surface area (Å²) in [4.78, 5) is 16.1. The standard InChI is InChI=1S/C14H10Cl2N4O3S/c1-7-8(15)5-9(16)12(17-7)18-11(21)6-24-14-20-19-13(23-14)10-3-2-4-22-10/h2-5H,6H2,1H3,(H,17,18,21). The molecule has 0 radical (unpaired) electrons. The number of nitrogens with zero attached hydrogens (tertiary/aromatic N) is 3. The normalized spacial score (nSPS) is 10.8. The molecule has 0 atom stereocenters. The number of thioether (sulfide) groups is 1. The first-order valence-electron chi connectivity index (χ1n) is 6.65. The number of aryl methyl sites for hydroxylation is 1. The summed E-state index contributed by atoms with van der Waals surface area (Å²) < 4.78 is 10.5. The molecule has 0 saturated heterocycles. The van der Waals surface area contributed by atoms with E-state index in [-0.39, 0.29) is 33.6 Å². The number of carbonyl (C=O) groups excluding carboxylic acids is 1. The number of halogens is 2. The first kappa shape index (κ1) is 16.8. The van der Waals surface area contributed by atoms with Gasteiger partial charge in [-0.05, 0) is 25.1 Å². The number of amides is 1. The number of furan rings is 1. The van der Waals surface area contributed by atoms with E-state index < -0.39 is 0 Å². The average molecular weight is 385 g/mol. The number of hydrogen-bond donors (Lipinski definition) is 1. The Balaban J connectivity index is 1.59. The molecule has 3 heterocycles. The fraction of sp³-hybridized carbons (Fsp3) is 0.143. The number of anilines is 1. The first-order chi connectivity index (χ1) is 11.5. The van der Waals surface area contributed by atoms with Crippen molar-refractivity contribution in [3.63, 3.8) is 0 Å². The summed E-state index contributed by atoms with van der Waals surface area (Å²) in [6.45, 7) is 1.72. The largest absolute Gasteiger partial charge is 0.459 e. The van der Waals surface area contributed by atoms with Crippen LogP contribution >= 0.6 is 35.0 Å². The second kappa shape index (κ2) is 7.25. The summed E-state index contributed by atoms with van der Waals surface area (Å²) in [7, 11) is 0. The van der Waals surface area contributed by atoms with Gasteiger partial charge in [0.15, 0.2) is 11.6 Å². The molecule has 0 bridgehead atoms. The maximum Gasteiger partial charge on any atom is 0.284 e. The summed E-state index contributed by atoms with van der Waals surface area (Å²) in [5.74, 6) is 0.714. The Hall–Kier alpha value is -2.03. The topological polar surface area (TPSA) is 94.1 Å². The third-order valence-corrected chi connectivity index (χ3v) is 4.32. The Labute approximate surface area is 150 Å². The first-order valence-corrected chi connectivity index (χ1v) is 8.40. The molecule has 1 N–H and O–H groups in total. The molecular weight excluding hydrogens is 375 g/mol. The SMILES string of the molecule is Cc1nc(NC(=O)CSc2nnc(-c3ccco3)o2)c(Cl)cc1Cl. The summed E-state index contributed by atoms with van der Waals surface area (Å²) in [5.41, 5.74) is 0.573. The van der Waals surface area contributed by atoms with Gasteiger partial charge in [0.2, 0.25) is 5.91 Å². The van der Waals surface area contributed by atoms with E-state index in [1.165, 1.54) is 12.3 Å². The minimum atomic E-state index is -0.311. The Bertz CT molecular complexity index is 867. The molecule has 1 amide bonds. The number of nitrogens with one attached hydrogen (secondary N) is 1. The number of hydrogen-bond acceptors (Lipinski definition) is 7. The van der Waals surface area contributed by atoms with Crippen LogP contribution in [0.2, 0.25) is 10.0 Å².